The maximum atomic E-state index is 13.4. The molecule has 164 valence electrons. The van der Waals surface area contributed by atoms with Gasteiger partial charge in [-0.25, -0.2) is 0 Å². The quantitative estimate of drug-likeness (QED) is 0.482. The molecule has 0 atom stereocenters. The molecule has 0 bridgehead atoms. The van der Waals surface area contributed by atoms with Gasteiger partial charge in [-0.3, -0.25) is 9.59 Å². The van der Waals surface area contributed by atoms with Gasteiger partial charge in [0, 0.05) is 22.5 Å². The van der Waals surface area contributed by atoms with Gasteiger partial charge in [-0.15, -0.1) is 0 Å². The zero-order valence-corrected chi connectivity index (χ0v) is 18.6. The molecule has 1 saturated carbocycles. The Kier molecular flexibility index (Phi) is 6.47. The highest BCUT2D eigenvalue weighted by atomic mass is 35.5. The second-order valence-corrected chi connectivity index (χ2v) is 8.43. The van der Waals surface area contributed by atoms with Crippen molar-refractivity contribution in [1.29, 1.82) is 0 Å². The molecule has 0 radical (unpaired) electrons. The van der Waals surface area contributed by atoms with Crippen LogP contribution in [0.5, 0.6) is 5.75 Å². The summed E-state index contributed by atoms with van der Waals surface area (Å²) in [5.41, 5.74) is 2.06. The summed E-state index contributed by atoms with van der Waals surface area (Å²) in [5, 5.41) is 6.40. The number of amides is 2. The van der Waals surface area contributed by atoms with Gasteiger partial charge in [-0.05, 0) is 48.7 Å². The number of ether oxygens (including phenoxy) is 1. The minimum absolute atomic E-state index is 0.0283. The molecule has 0 unspecified atom stereocenters. The fraction of sp³-hybridized carbons (Fsp3) is 0.231. The monoisotopic (exact) mass is 448 g/mol. The molecule has 1 aliphatic rings. The van der Waals surface area contributed by atoms with E-state index in [1.165, 1.54) is 7.11 Å². The SMILES string of the molecule is COc1cc(NC(=O)C2(c3ccccc3)CCCC2)ccc1C(=O)Nc1cccc(Cl)c1. The maximum Gasteiger partial charge on any atom is 0.259 e. The number of benzene rings is 3. The van der Waals surface area contributed by atoms with Crippen molar-refractivity contribution in [1.82, 2.24) is 0 Å². The van der Waals surface area contributed by atoms with Crippen molar-refractivity contribution in [3.63, 3.8) is 0 Å². The second-order valence-electron chi connectivity index (χ2n) is 7.99. The van der Waals surface area contributed by atoms with Crippen molar-refractivity contribution in [2.75, 3.05) is 17.7 Å². The smallest absolute Gasteiger partial charge is 0.259 e. The normalized spacial score (nSPS) is 14.6. The van der Waals surface area contributed by atoms with Gasteiger partial charge in [-0.1, -0.05) is 60.8 Å². The minimum Gasteiger partial charge on any atom is -0.496 e. The van der Waals surface area contributed by atoms with Crippen LogP contribution in [0.4, 0.5) is 11.4 Å². The van der Waals surface area contributed by atoms with Crippen LogP contribution >= 0.6 is 11.6 Å². The van der Waals surface area contributed by atoms with Crippen molar-refractivity contribution < 1.29 is 14.3 Å². The lowest BCUT2D eigenvalue weighted by Gasteiger charge is -2.28. The molecule has 0 aliphatic heterocycles. The van der Waals surface area contributed by atoms with Crippen LogP contribution in [0.25, 0.3) is 0 Å². The third-order valence-electron chi connectivity index (χ3n) is 6.00. The predicted molar refractivity (Wildman–Crippen MR) is 128 cm³/mol. The van der Waals surface area contributed by atoms with Crippen LogP contribution in [-0.4, -0.2) is 18.9 Å². The molecule has 0 aromatic heterocycles. The molecule has 5 nitrogen and oxygen atoms in total. The first-order valence-corrected chi connectivity index (χ1v) is 11.0. The Labute approximate surface area is 192 Å². The van der Waals surface area contributed by atoms with Gasteiger partial charge in [0.2, 0.25) is 5.91 Å². The van der Waals surface area contributed by atoms with E-state index >= 15 is 0 Å². The van der Waals surface area contributed by atoms with Crippen molar-refractivity contribution in [2.24, 2.45) is 0 Å². The molecule has 0 spiro atoms. The zero-order valence-electron chi connectivity index (χ0n) is 17.9. The predicted octanol–water partition coefficient (Wildman–Crippen LogP) is 6.05. The summed E-state index contributed by atoms with van der Waals surface area (Å²) in [6.07, 6.45) is 3.68. The highest BCUT2D eigenvalue weighted by Gasteiger charge is 2.42. The van der Waals surface area contributed by atoms with Crippen LogP contribution in [0.2, 0.25) is 5.02 Å². The molecular formula is C26H25ClN2O3. The van der Waals surface area contributed by atoms with E-state index in [9.17, 15) is 9.59 Å². The summed E-state index contributed by atoms with van der Waals surface area (Å²) in [5.74, 6) is 0.0282. The summed E-state index contributed by atoms with van der Waals surface area (Å²) >= 11 is 6.00. The molecule has 3 aromatic rings. The number of anilines is 2. The van der Waals surface area contributed by atoms with Gasteiger partial charge >= 0.3 is 0 Å². The molecule has 0 saturated heterocycles. The number of halogens is 1. The molecule has 4 rings (SSSR count). The number of nitrogens with one attached hydrogen (secondary N) is 2. The fourth-order valence-corrected chi connectivity index (χ4v) is 4.54. The summed E-state index contributed by atoms with van der Waals surface area (Å²) in [7, 11) is 1.50. The Morgan fingerprint density at radius 2 is 1.59 bits per heavy atom. The molecule has 2 N–H and O–H groups in total. The lowest BCUT2D eigenvalue weighted by molar-refractivity contribution is -0.121. The van der Waals surface area contributed by atoms with E-state index in [0.717, 1.165) is 31.2 Å². The third kappa shape index (κ3) is 4.48. The summed E-state index contributed by atoms with van der Waals surface area (Å²) in [6.45, 7) is 0. The molecule has 1 aliphatic carbocycles. The highest BCUT2D eigenvalue weighted by molar-refractivity contribution is 6.31. The first-order chi connectivity index (χ1) is 15.5. The van der Waals surface area contributed by atoms with Crippen molar-refractivity contribution in [2.45, 2.75) is 31.1 Å². The number of hydrogen-bond acceptors (Lipinski definition) is 3. The first kappa shape index (κ1) is 21.9. The Hall–Kier alpha value is -3.31. The zero-order chi connectivity index (χ0) is 22.6. The topological polar surface area (TPSA) is 67.4 Å². The lowest BCUT2D eigenvalue weighted by Crippen LogP contribution is -2.38. The van der Waals surface area contributed by atoms with Gasteiger partial charge in [0.05, 0.1) is 18.1 Å². The van der Waals surface area contributed by atoms with Crippen LogP contribution in [-0.2, 0) is 10.2 Å². The fourth-order valence-electron chi connectivity index (χ4n) is 4.35. The number of rotatable bonds is 6. The number of carbonyl (C=O) groups is 2. The number of methoxy groups -OCH3 is 1. The lowest BCUT2D eigenvalue weighted by atomic mass is 9.78. The average molecular weight is 449 g/mol. The van der Waals surface area contributed by atoms with Gasteiger partial charge in [-0.2, -0.15) is 0 Å². The number of hydrogen-bond donors (Lipinski definition) is 2. The van der Waals surface area contributed by atoms with E-state index in [0.29, 0.717) is 27.7 Å². The van der Waals surface area contributed by atoms with E-state index in [1.54, 1.807) is 42.5 Å². The largest absolute Gasteiger partial charge is 0.496 e. The van der Waals surface area contributed by atoms with Crippen LogP contribution in [0, 0.1) is 0 Å². The summed E-state index contributed by atoms with van der Waals surface area (Å²) in [6, 6.07) is 21.9. The molecular weight excluding hydrogens is 424 g/mol. The molecule has 3 aromatic carbocycles. The van der Waals surface area contributed by atoms with Crippen molar-refractivity contribution >= 4 is 34.8 Å². The highest BCUT2D eigenvalue weighted by Crippen LogP contribution is 2.42. The molecule has 6 heteroatoms. The van der Waals surface area contributed by atoms with Crippen molar-refractivity contribution in [3.8, 4) is 5.75 Å². The van der Waals surface area contributed by atoms with Gasteiger partial charge in [0.15, 0.2) is 0 Å². The van der Waals surface area contributed by atoms with E-state index < -0.39 is 5.41 Å². The Morgan fingerprint density at radius 1 is 0.875 bits per heavy atom. The summed E-state index contributed by atoms with van der Waals surface area (Å²) in [4.78, 5) is 26.1. The third-order valence-corrected chi connectivity index (χ3v) is 6.24. The van der Waals surface area contributed by atoms with Crippen LogP contribution < -0.4 is 15.4 Å². The molecule has 32 heavy (non-hydrogen) atoms. The minimum atomic E-state index is -0.531. The van der Waals surface area contributed by atoms with E-state index in [1.807, 2.05) is 30.3 Å². The maximum absolute atomic E-state index is 13.4. The van der Waals surface area contributed by atoms with Gasteiger partial charge < -0.3 is 15.4 Å². The standard InChI is InChI=1S/C26H25ClN2O3/c1-32-23-17-21(12-13-22(23)24(30)28-20-11-7-10-19(27)16-20)29-25(31)26(14-5-6-15-26)18-8-3-2-4-9-18/h2-4,7-13,16-17H,5-6,14-15H2,1H3,(H,28,30)(H,29,31). The second kappa shape index (κ2) is 9.45. The molecule has 1 fully saturated rings. The summed E-state index contributed by atoms with van der Waals surface area (Å²) < 4.78 is 5.45. The van der Waals surface area contributed by atoms with Crippen molar-refractivity contribution in [3.05, 3.63) is 88.9 Å². The Bertz CT molecular complexity index is 1120. The van der Waals surface area contributed by atoms with Gasteiger partial charge in [0.1, 0.15) is 5.75 Å². The number of carbonyl (C=O) groups excluding carboxylic acids is 2. The molecule has 2 amide bonds. The van der Waals surface area contributed by atoms with E-state index in [2.05, 4.69) is 10.6 Å². The Balaban J connectivity index is 1.55. The molecule has 0 heterocycles. The van der Waals surface area contributed by atoms with Crippen LogP contribution in [0.3, 0.4) is 0 Å². The van der Waals surface area contributed by atoms with E-state index in [-0.39, 0.29) is 11.8 Å². The van der Waals surface area contributed by atoms with E-state index in [4.69, 9.17) is 16.3 Å². The van der Waals surface area contributed by atoms with Gasteiger partial charge in [0.25, 0.3) is 5.91 Å². The average Bonchev–Trinajstić information content (AvgIpc) is 3.31. The van der Waals surface area contributed by atoms with Crippen LogP contribution in [0.15, 0.2) is 72.8 Å². The Morgan fingerprint density at radius 3 is 2.28 bits per heavy atom. The van der Waals surface area contributed by atoms with Crippen LogP contribution in [0.1, 0.15) is 41.6 Å². The first-order valence-electron chi connectivity index (χ1n) is 10.6.